The lowest BCUT2D eigenvalue weighted by molar-refractivity contribution is -0.106. The summed E-state index contributed by atoms with van der Waals surface area (Å²) in [5.74, 6) is 1.21. The molecular weight excluding hydrogens is 310 g/mol. The van der Waals surface area contributed by atoms with E-state index in [1.54, 1.807) is 43.5 Å². The number of nitrogens with one attached hydrogen (secondary N) is 1. The fraction of sp³-hybridized carbons (Fsp3) is 0.250. The van der Waals surface area contributed by atoms with E-state index in [1.807, 2.05) is 0 Å². The number of aldehydes is 1. The van der Waals surface area contributed by atoms with Gasteiger partial charge in [0.05, 0.1) is 18.0 Å². The topological polar surface area (TPSA) is 150 Å². The van der Waals surface area contributed by atoms with Crippen molar-refractivity contribution in [3.05, 3.63) is 36.4 Å². The quantitative estimate of drug-likeness (QED) is 0.244. The van der Waals surface area contributed by atoms with Gasteiger partial charge in [-0.2, -0.15) is 0 Å². The number of carbonyl (C=O) groups is 1. The van der Waals surface area contributed by atoms with Crippen molar-refractivity contribution in [3.8, 4) is 5.75 Å². The number of rotatable bonds is 4. The van der Waals surface area contributed by atoms with Crippen LogP contribution in [0.25, 0.3) is 0 Å². The third kappa shape index (κ3) is 9.11. The molecule has 8 nitrogen and oxygen atoms in total. The second-order valence-electron chi connectivity index (χ2n) is 4.39. The number of benzene rings is 1. The number of carbonyl (C=O) groups excluding carboxylic acids is 1. The number of anilines is 4. The molecule has 0 aliphatic rings. The Bertz CT molecular complexity index is 587. The lowest BCUT2D eigenvalue weighted by Gasteiger charge is -2.06. The average Bonchev–Trinajstić information content (AvgIpc) is 2.55. The number of methoxy groups -OCH3 is 1. The molecule has 0 radical (unpaired) electrons. The lowest BCUT2D eigenvalue weighted by Crippen LogP contribution is -2.09. The number of nitrogen functional groups attached to an aromatic ring is 3. The van der Waals surface area contributed by atoms with E-state index in [0.29, 0.717) is 36.2 Å². The Morgan fingerprint density at radius 3 is 2.25 bits per heavy atom. The standard InChI is InChI=1S/C8H14N4O.C6H7NO.C2H4O/c1-13-5-4-11-7-3-2-6(9)8(10)12-7;7-5-3-1-2-4-6(5)8;1-2-3/h2-3H,4-5,9H2,1H3,(H3,10,11,12);1-4,8H,7H2;2H,1H3. The van der Waals surface area contributed by atoms with Crippen LogP contribution in [0.15, 0.2) is 36.4 Å². The van der Waals surface area contributed by atoms with Crippen molar-refractivity contribution in [1.29, 1.82) is 0 Å². The minimum absolute atomic E-state index is 0.146. The minimum Gasteiger partial charge on any atom is -0.506 e. The summed E-state index contributed by atoms with van der Waals surface area (Å²) in [5, 5.41) is 11.8. The van der Waals surface area contributed by atoms with Crippen LogP contribution >= 0.6 is 0 Å². The molecule has 0 spiro atoms. The SMILES string of the molecule is CC=O.COCCNc1ccc(N)c(N)n1.Nc1ccccc1O. The van der Waals surface area contributed by atoms with E-state index in [9.17, 15) is 0 Å². The summed E-state index contributed by atoms with van der Waals surface area (Å²) >= 11 is 0. The summed E-state index contributed by atoms with van der Waals surface area (Å²) in [6, 6.07) is 10.2. The van der Waals surface area contributed by atoms with Crippen LogP contribution in [-0.4, -0.2) is 36.6 Å². The summed E-state index contributed by atoms with van der Waals surface area (Å²) in [5.41, 5.74) is 17.2. The van der Waals surface area contributed by atoms with Gasteiger partial charge >= 0.3 is 0 Å². The number of nitrogens with two attached hydrogens (primary N) is 3. The number of phenols is 1. The zero-order chi connectivity index (χ0) is 18.4. The van der Waals surface area contributed by atoms with Crippen LogP contribution in [0, 0.1) is 0 Å². The highest BCUT2D eigenvalue weighted by Crippen LogP contribution is 2.16. The molecule has 1 aromatic heterocycles. The van der Waals surface area contributed by atoms with Crippen LogP contribution in [0.5, 0.6) is 5.75 Å². The summed E-state index contributed by atoms with van der Waals surface area (Å²) in [7, 11) is 1.65. The zero-order valence-corrected chi connectivity index (χ0v) is 13.9. The molecule has 1 heterocycles. The highest BCUT2D eigenvalue weighted by atomic mass is 16.5. The summed E-state index contributed by atoms with van der Waals surface area (Å²) in [4.78, 5) is 12.8. The number of pyridine rings is 1. The Morgan fingerprint density at radius 2 is 1.79 bits per heavy atom. The summed E-state index contributed by atoms with van der Waals surface area (Å²) in [6.45, 7) is 2.78. The Kier molecular flexibility index (Phi) is 11.0. The fourth-order valence-corrected chi connectivity index (χ4v) is 1.35. The average molecular weight is 335 g/mol. The van der Waals surface area contributed by atoms with E-state index in [0.717, 1.165) is 6.29 Å². The van der Waals surface area contributed by atoms with Crippen LogP contribution < -0.4 is 22.5 Å². The van der Waals surface area contributed by atoms with E-state index in [-0.39, 0.29) is 5.75 Å². The maximum absolute atomic E-state index is 8.81. The molecule has 0 saturated carbocycles. The molecule has 2 rings (SSSR count). The minimum atomic E-state index is 0.146. The van der Waals surface area contributed by atoms with Gasteiger partial charge in [-0.05, 0) is 31.2 Å². The predicted molar refractivity (Wildman–Crippen MR) is 97.7 cm³/mol. The first-order valence-electron chi connectivity index (χ1n) is 7.14. The van der Waals surface area contributed by atoms with E-state index in [1.165, 1.54) is 6.92 Å². The zero-order valence-electron chi connectivity index (χ0n) is 13.9. The van der Waals surface area contributed by atoms with Gasteiger partial charge in [-0.3, -0.25) is 0 Å². The molecule has 0 fully saturated rings. The van der Waals surface area contributed by atoms with Gasteiger partial charge in [0.25, 0.3) is 0 Å². The Labute approximate surface area is 141 Å². The second-order valence-corrected chi connectivity index (χ2v) is 4.39. The molecular formula is C16H25N5O3. The van der Waals surface area contributed by atoms with E-state index in [4.69, 9.17) is 31.8 Å². The third-order valence-electron chi connectivity index (χ3n) is 2.51. The van der Waals surface area contributed by atoms with Gasteiger partial charge in [-0.15, -0.1) is 0 Å². The van der Waals surface area contributed by atoms with E-state index >= 15 is 0 Å². The van der Waals surface area contributed by atoms with Crippen molar-refractivity contribution in [2.24, 2.45) is 0 Å². The van der Waals surface area contributed by atoms with E-state index < -0.39 is 0 Å². The smallest absolute Gasteiger partial charge is 0.149 e. The van der Waals surface area contributed by atoms with Crippen LogP contribution in [-0.2, 0) is 9.53 Å². The van der Waals surface area contributed by atoms with Crippen LogP contribution in [0.3, 0.4) is 0 Å². The molecule has 24 heavy (non-hydrogen) atoms. The van der Waals surface area contributed by atoms with Gasteiger partial charge in [0, 0.05) is 13.7 Å². The number of phenolic OH excluding ortho intramolecular Hbond substituents is 1. The van der Waals surface area contributed by atoms with Gasteiger partial charge in [0.1, 0.15) is 23.7 Å². The van der Waals surface area contributed by atoms with Crippen molar-refractivity contribution in [3.63, 3.8) is 0 Å². The molecule has 0 amide bonds. The number of aromatic hydroxyl groups is 1. The van der Waals surface area contributed by atoms with Crippen LogP contribution in [0.2, 0.25) is 0 Å². The fourth-order valence-electron chi connectivity index (χ4n) is 1.35. The van der Waals surface area contributed by atoms with Gasteiger partial charge in [0.2, 0.25) is 0 Å². The highest BCUT2D eigenvalue weighted by Gasteiger charge is 1.97. The van der Waals surface area contributed by atoms with Crippen molar-refractivity contribution in [2.45, 2.75) is 6.92 Å². The Balaban J connectivity index is 0.000000409. The maximum Gasteiger partial charge on any atom is 0.149 e. The van der Waals surface area contributed by atoms with Crippen molar-refractivity contribution >= 4 is 29.3 Å². The van der Waals surface area contributed by atoms with Crippen LogP contribution in [0.1, 0.15) is 6.92 Å². The number of aromatic nitrogens is 1. The van der Waals surface area contributed by atoms with Crippen LogP contribution in [0.4, 0.5) is 23.0 Å². The highest BCUT2D eigenvalue weighted by molar-refractivity contribution is 5.61. The normalized spacial score (nSPS) is 8.92. The van der Waals surface area contributed by atoms with Gasteiger partial charge in [-0.25, -0.2) is 4.98 Å². The summed E-state index contributed by atoms with van der Waals surface area (Å²) in [6.07, 6.45) is 0.750. The number of hydrogen-bond donors (Lipinski definition) is 5. The van der Waals surface area contributed by atoms with Gasteiger partial charge < -0.3 is 37.2 Å². The molecule has 8 heteroatoms. The number of ether oxygens (including phenoxy) is 1. The second kappa shape index (κ2) is 12.5. The molecule has 0 aliphatic heterocycles. The molecule has 1 aromatic carbocycles. The van der Waals surface area contributed by atoms with Gasteiger partial charge in [-0.1, -0.05) is 12.1 Å². The molecule has 0 atom stereocenters. The van der Waals surface area contributed by atoms with E-state index in [2.05, 4.69) is 10.3 Å². The predicted octanol–water partition coefficient (Wildman–Crippen LogP) is 1.48. The Hall–Kier alpha value is -3.00. The molecule has 0 aliphatic carbocycles. The first-order valence-corrected chi connectivity index (χ1v) is 7.14. The lowest BCUT2D eigenvalue weighted by atomic mass is 10.3. The van der Waals surface area contributed by atoms with Crippen molar-refractivity contribution < 1.29 is 14.6 Å². The maximum atomic E-state index is 8.81. The molecule has 0 bridgehead atoms. The van der Waals surface area contributed by atoms with Crippen molar-refractivity contribution in [1.82, 2.24) is 4.98 Å². The molecule has 2 aromatic rings. The first-order chi connectivity index (χ1) is 11.5. The first kappa shape index (κ1) is 21.0. The monoisotopic (exact) mass is 335 g/mol. The largest absolute Gasteiger partial charge is 0.506 e. The molecule has 8 N–H and O–H groups in total. The summed E-state index contributed by atoms with van der Waals surface area (Å²) < 4.78 is 4.87. The molecule has 0 unspecified atom stereocenters. The van der Waals surface area contributed by atoms with Gasteiger partial charge in [0.15, 0.2) is 0 Å². The Morgan fingerprint density at radius 1 is 1.17 bits per heavy atom. The molecule has 0 saturated heterocycles. The number of nitrogens with zero attached hydrogens (tertiary/aromatic N) is 1. The number of para-hydroxylation sites is 2. The molecule has 132 valence electrons. The van der Waals surface area contributed by atoms with Crippen molar-refractivity contribution in [2.75, 3.05) is 42.8 Å². The third-order valence-corrected chi connectivity index (χ3v) is 2.51. The number of hydrogen-bond acceptors (Lipinski definition) is 8.